The number of nitrogens with two attached hydrogens (primary N) is 1. The predicted molar refractivity (Wildman–Crippen MR) is 42.4 cm³/mol. The number of carbonyl (C=O) groups excluding carboxylic acids is 1. The van der Waals surface area contributed by atoms with Crippen molar-refractivity contribution in [3.05, 3.63) is 23.8 Å². The fourth-order valence-corrected chi connectivity index (χ4v) is 1.07. The Bertz CT molecular complexity index is 439. The number of benzene rings is 1. The molecule has 1 aromatic carbocycles. The number of nitrogens with zero attached hydrogens (tertiary/aromatic N) is 2. The molecule has 1 heterocycles. The maximum atomic E-state index is 10.9. The third-order valence-electron chi connectivity index (χ3n) is 1.61. The zero-order valence-electron chi connectivity index (χ0n) is 6.41. The number of H-pyrrole nitrogens is 1. The van der Waals surface area contributed by atoms with Gasteiger partial charge in [-0.05, 0) is 12.1 Å². The number of primary amides is 1. The summed E-state index contributed by atoms with van der Waals surface area (Å²) in [5.74, 6) is -0.491. The normalized spacial score (nSPS) is 9.54. The van der Waals surface area contributed by atoms with Gasteiger partial charge in [0.25, 0.3) is 5.91 Å². The molecule has 0 unspecified atom stereocenters. The summed E-state index contributed by atoms with van der Waals surface area (Å²) in [5.41, 5.74) is 6.67. The average Bonchev–Trinajstić information content (AvgIpc) is 2.49. The molecule has 2 rings (SSSR count). The topological polar surface area (TPSA) is 84.7 Å². The Hall–Kier alpha value is -1.17. The Morgan fingerprint density at radius 1 is 1.38 bits per heavy atom. The monoisotopic (exact) mass is 269 g/mol. The Kier molecular flexibility index (Phi) is 2.82. The fraction of sp³-hybridized carbons (Fsp3) is 0. The van der Waals surface area contributed by atoms with Gasteiger partial charge in [-0.1, -0.05) is 6.07 Å². The minimum atomic E-state index is -0.491. The third kappa shape index (κ3) is 1.62. The summed E-state index contributed by atoms with van der Waals surface area (Å²) in [6, 6.07) is 5.09. The fourth-order valence-electron chi connectivity index (χ4n) is 1.07. The van der Waals surface area contributed by atoms with Crippen LogP contribution in [-0.2, 0) is 22.4 Å². The molecule has 2 aromatic rings. The molecule has 6 heteroatoms. The molecule has 0 aliphatic heterocycles. The summed E-state index contributed by atoms with van der Waals surface area (Å²) in [5, 5.41) is 10.0. The molecule has 3 N–H and O–H groups in total. The van der Waals surface area contributed by atoms with Crippen LogP contribution in [0.25, 0.3) is 11.0 Å². The summed E-state index contributed by atoms with van der Waals surface area (Å²) in [4.78, 5) is 10.9. The molecule has 13 heavy (non-hydrogen) atoms. The molecule has 0 aliphatic carbocycles. The quantitative estimate of drug-likeness (QED) is 0.718. The van der Waals surface area contributed by atoms with Gasteiger partial charge in [-0.3, -0.25) is 4.79 Å². The summed E-state index contributed by atoms with van der Waals surface area (Å²) < 4.78 is 0. The molecule has 0 atom stereocenters. The molecular formula is C7H6AgN4O. The predicted octanol–water partition coefficient (Wildman–Crippen LogP) is 0.0543. The Morgan fingerprint density at radius 3 is 2.85 bits per heavy atom. The Balaban J connectivity index is 0.000000845. The van der Waals surface area contributed by atoms with E-state index in [9.17, 15) is 4.79 Å². The summed E-state index contributed by atoms with van der Waals surface area (Å²) in [7, 11) is 0. The van der Waals surface area contributed by atoms with Gasteiger partial charge in [-0.25, -0.2) is 0 Å². The first-order valence-corrected chi connectivity index (χ1v) is 3.38. The average molecular weight is 270 g/mol. The van der Waals surface area contributed by atoms with E-state index in [-0.39, 0.29) is 22.4 Å². The maximum Gasteiger partial charge on any atom is 0.251 e. The largest absolute Gasteiger partial charge is 0.366 e. The number of aromatic nitrogens is 3. The van der Waals surface area contributed by atoms with Gasteiger partial charge in [0.05, 0.1) is 5.56 Å². The van der Waals surface area contributed by atoms with Crippen LogP contribution in [0.1, 0.15) is 10.4 Å². The zero-order chi connectivity index (χ0) is 8.55. The summed E-state index contributed by atoms with van der Waals surface area (Å²) in [6.07, 6.45) is 0. The van der Waals surface area contributed by atoms with E-state index in [1.807, 2.05) is 0 Å². The number of para-hydroxylation sites is 1. The van der Waals surface area contributed by atoms with E-state index < -0.39 is 5.91 Å². The number of hydrogen-bond donors (Lipinski definition) is 2. The SMILES string of the molecule is NC(=O)c1cccc2n[nH]nc12.[Ag]. The maximum absolute atomic E-state index is 10.9. The molecule has 0 bridgehead atoms. The van der Waals surface area contributed by atoms with Crippen molar-refractivity contribution in [2.45, 2.75) is 0 Å². The molecule has 5 nitrogen and oxygen atoms in total. The van der Waals surface area contributed by atoms with Crippen molar-refractivity contribution in [1.29, 1.82) is 0 Å². The standard InChI is InChI=1S/C7H6N4O.Ag/c8-7(12)4-2-1-3-5-6(4)10-11-9-5;/h1-3H,(H2,8,12)(H,9,10,11);. The first-order chi connectivity index (χ1) is 5.79. The van der Waals surface area contributed by atoms with Crippen molar-refractivity contribution in [2.24, 2.45) is 5.73 Å². The van der Waals surface area contributed by atoms with Gasteiger partial charge >= 0.3 is 0 Å². The van der Waals surface area contributed by atoms with Crippen LogP contribution >= 0.6 is 0 Å². The van der Waals surface area contributed by atoms with Crippen LogP contribution in [0.5, 0.6) is 0 Å². The van der Waals surface area contributed by atoms with Gasteiger partial charge in [-0.15, -0.1) is 0 Å². The number of amides is 1. The minimum absolute atomic E-state index is 0. The van der Waals surface area contributed by atoms with Crippen molar-refractivity contribution in [1.82, 2.24) is 15.4 Å². The van der Waals surface area contributed by atoms with Gasteiger partial charge in [-0.2, -0.15) is 15.4 Å². The van der Waals surface area contributed by atoms with Crippen molar-refractivity contribution in [2.75, 3.05) is 0 Å². The minimum Gasteiger partial charge on any atom is -0.366 e. The molecular weight excluding hydrogens is 264 g/mol. The van der Waals surface area contributed by atoms with Crippen LogP contribution in [0.3, 0.4) is 0 Å². The number of fused-ring (bicyclic) bond motifs is 1. The van der Waals surface area contributed by atoms with Crippen LogP contribution in [0.2, 0.25) is 0 Å². The number of rotatable bonds is 1. The molecule has 71 valence electrons. The number of nitrogens with one attached hydrogen (secondary N) is 1. The number of aromatic amines is 1. The first-order valence-electron chi connectivity index (χ1n) is 3.38. The van der Waals surface area contributed by atoms with Crippen molar-refractivity contribution >= 4 is 16.9 Å². The van der Waals surface area contributed by atoms with Crippen LogP contribution in [0, 0.1) is 0 Å². The summed E-state index contributed by atoms with van der Waals surface area (Å²) >= 11 is 0. The number of hydrogen-bond acceptors (Lipinski definition) is 3. The second kappa shape index (κ2) is 3.69. The number of carbonyl (C=O) groups is 1. The molecule has 1 amide bonds. The van der Waals surface area contributed by atoms with Gasteiger partial charge in [0.15, 0.2) is 0 Å². The molecule has 1 aromatic heterocycles. The third-order valence-corrected chi connectivity index (χ3v) is 1.61. The second-order valence-corrected chi connectivity index (χ2v) is 2.36. The molecule has 0 saturated carbocycles. The second-order valence-electron chi connectivity index (χ2n) is 2.36. The first kappa shape index (κ1) is 9.91. The van der Waals surface area contributed by atoms with Crippen LogP contribution in [0.4, 0.5) is 0 Å². The van der Waals surface area contributed by atoms with Crippen LogP contribution in [-0.4, -0.2) is 21.3 Å². The van der Waals surface area contributed by atoms with Gasteiger partial charge in [0.1, 0.15) is 11.0 Å². The summed E-state index contributed by atoms with van der Waals surface area (Å²) in [6.45, 7) is 0. The van der Waals surface area contributed by atoms with Crippen molar-refractivity contribution in [3.63, 3.8) is 0 Å². The molecule has 0 spiro atoms. The van der Waals surface area contributed by atoms with Crippen LogP contribution < -0.4 is 5.73 Å². The van der Waals surface area contributed by atoms with E-state index in [0.29, 0.717) is 16.6 Å². The van der Waals surface area contributed by atoms with E-state index in [2.05, 4.69) is 15.4 Å². The zero-order valence-corrected chi connectivity index (χ0v) is 7.90. The van der Waals surface area contributed by atoms with E-state index >= 15 is 0 Å². The molecule has 1 radical (unpaired) electrons. The van der Waals surface area contributed by atoms with E-state index in [0.717, 1.165) is 0 Å². The molecule has 0 saturated heterocycles. The van der Waals surface area contributed by atoms with E-state index in [4.69, 9.17) is 5.73 Å². The Labute approximate surface area is 89.2 Å². The van der Waals surface area contributed by atoms with Gasteiger partial charge < -0.3 is 5.73 Å². The van der Waals surface area contributed by atoms with Crippen molar-refractivity contribution in [3.8, 4) is 0 Å². The molecule has 0 aliphatic rings. The van der Waals surface area contributed by atoms with Crippen LogP contribution in [0.15, 0.2) is 18.2 Å². The molecule has 0 fully saturated rings. The van der Waals surface area contributed by atoms with E-state index in [1.54, 1.807) is 18.2 Å². The van der Waals surface area contributed by atoms with Crippen molar-refractivity contribution < 1.29 is 27.2 Å². The van der Waals surface area contributed by atoms with Gasteiger partial charge in [0.2, 0.25) is 0 Å². The smallest absolute Gasteiger partial charge is 0.251 e. The van der Waals surface area contributed by atoms with E-state index in [1.165, 1.54) is 0 Å². The van der Waals surface area contributed by atoms with Gasteiger partial charge in [0, 0.05) is 22.4 Å². The Morgan fingerprint density at radius 2 is 2.15 bits per heavy atom.